The van der Waals surface area contributed by atoms with Crippen LogP contribution in [0.4, 0.5) is 11.4 Å². The smallest absolute Gasteiger partial charge is 0.328 e. The van der Waals surface area contributed by atoms with Gasteiger partial charge in [-0.1, -0.05) is 0 Å². The molecule has 0 spiro atoms. The minimum Gasteiger partial charge on any atom is -0.467 e. The maximum atomic E-state index is 11.6. The van der Waals surface area contributed by atoms with Crippen LogP contribution in [-0.4, -0.2) is 30.6 Å². The van der Waals surface area contributed by atoms with Crippen LogP contribution < -0.4 is 4.90 Å². The van der Waals surface area contributed by atoms with E-state index < -0.39 is 4.92 Å². The van der Waals surface area contributed by atoms with Crippen molar-refractivity contribution in [2.24, 2.45) is 0 Å². The van der Waals surface area contributed by atoms with Crippen LogP contribution in [0.3, 0.4) is 0 Å². The molecule has 0 amide bonds. The molecule has 102 valence electrons. The van der Waals surface area contributed by atoms with E-state index in [1.807, 2.05) is 4.90 Å². The summed E-state index contributed by atoms with van der Waals surface area (Å²) in [4.78, 5) is 23.9. The van der Waals surface area contributed by atoms with Crippen LogP contribution in [0, 0.1) is 17.0 Å². The molecular weight excluding hydrogens is 316 g/mol. The third-order valence-electron chi connectivity index (χ3n) is 3.26. The quantitative estimate of drug-likeness (QED) is 0.484. The molecule has 2 rings (SSSR count). The summed E-state index contributed by atoms with van der Waals surface area (Å²) in [6, 6.07) is 2.83. The molecule has 0 N–H and O–H groups in total. The van der Waals surface area contributed by atoms with Crippen LogP contribution in [0.5, 0.6) is 0 Å². The summed E-state index contributed by atoms with van der Waals surface area (Å²) in [7, 11) is 1.34. The number of hydrogen-bond donors (Lipinski definition) is 0. The van der Waals surface area contributed by atoms with Gasteiger partial charge in [-0.15, -0.1) is 0 Å². The molecule has 1 aromatic carbocycles. The Morgan fingerprint density at radius 2 is 2.26 bits per heavy atom. The summed E-state index contributed by atoms with van der Waals surface area (Å²) in [5.74, 6) is -0.318. The van der Waals surface area contributed by atoms with Gasteiger partial charge < -0.3 is 9.64 Å². The largest absolute Gasteiger partial charge is 0.467 e. The molecule has 0 aliphatic carbocycles. The number of nitrogens with zero attached hydrogens (tertiary/aromatic N) is 2. The maximum absolute atomic E-state index is 11.6. The number of nitro groups is 1. The van der Waals surface area contributed by atoms with Gasteiger partial charge in [-0.05, 0) is 35.3 Å². The topological polar surface area (TPSA) is 72.7 Å². The van der Waals surface area contributed by atoms with Crippen molar-refractivity contribution in [2.75, 3.05) is 18.6 Å². The van der Waals surface area contributed by atoms with E-state index in [9.17, 15) is 14.9 Å². The van der Waals surface area contributed by atoms with Gasteiger partial charge in [0, 0.05) is 22.6 Å². The lowest BCUT2D eigenvalue weighted by Crippen LogP contribution is -2.53. The summed E-state index contributed by atoms with van der Waals surface area (Å²) in [6.45, 7) is 2.36. The first kappa shape index (κ1) is 13.8. The van der Waals surface area contributed by atoms with E-state index in [0.717, 1.165) is 4.47 Å². The summed E-state index contributed by atoms with van der Waals surface area (Å²) in [6.07, 6.45) is 0.695. The molecule has 1 aliphatic heterocycles. The first-order valence-electron chi connectivity index (χ1n) is 5.74. The van der Waals surface area contributed by atoms with Crippen LogP contribution in [0.1, 0.15) is 12.0 Å². The lowest BCUT2D eigenvalue weighted by Gasteiger charge is -2.41. The van der Waals surface area contributed by atoms with Gasteiger partial charge in [-0.3, -0.25) is 10.1 Å². The van der Waals surface area contributed by atoms with E-state index in [4.69, 9.17) is 4.74 Å². The van der Waals surface area contributed by atoms with Crippen LogP contribution in [0.25, 0.3) is 0 Å². The monoisotopic (exact) mass is 328 g/mol. The average Bonchev–Trinajstić information content (AvgIpc) is 2.30. The fourth-order valence-electron chi connectivity index (χ4n) is 2.12. The standard InChI is InChI=1S/C12H13BrN2O4/c1-7-5-8(13)11(6-10(7)15(17)18)14-4-3-9(14)12(16)19-2/h5-6,9H,3-4H2,1-2H3. The molecule has 1 aromatic rings. The zero-order valence-electron chi connectivity index (χ0n) is 10.6. The molecule has 6 nitrogen and oxygen atoms in total. The Morgan fingerprint density at radius 3 is 2.74 bits per heavy atom. The Kier molecular flexibility index (Phi) is 3.75. The number of esters is 1. The van der Waals surface area contributed by atoms with Gasteiger partial charge in [0.1, 0.15) is 6.04 Å². The van der Waals surface area contributed by atoms with Crippen LogP contribution >= 0.6 is 15.9 Å². The van der Waals surface area contributed by atoms with Gasteiger partial charge >= 0.3 is 5.97 Å². The molecule has 0 saturated carbocycles. The third-order valence-corrected chi connectivity index (χ3v) is 3.90. The molecule has 7 heteroatoms. The molecule has 1 aliphatic rings. The van der Waals surface area contributed by atoms with E-state index in [1.54, 1.807) is 13.0 Å². The number of carbonyl (C=O) groups excluding carboxylic acids is 1. The Morgan fingerprint density at radius 1 is 1.58 bits per heavy atom. The van der Waals surface area contributed by atoms with Crippen LogP contribution in [0.2, 0.25) is 0 Å². The second kappa shape index (κ2) is 5.16. The van der Waals surface area contributed by atoms with Gasteiger partial charge in [-0.25, -0.2) is 4.79 Å². The number of carbonyl (C=O) groups is 1. The molecule has 19 heavy (non-hydrogen) atoms. The predicted molar refractivity (Wildman–Crippen MR) is 73.3 cm³/mol. The highest BCUT2D eigenvalue weighted by molar-refractivity contribution is 9.10. The Hall–Kier alpha value is -1.63. The predicted octanol–water partition coefficient (Wildman–Crippen LogP) is 2.42. The molecule has 0 bridgehead atoms. The first-order valence-corrected chi connectivity index (χ1v) is 6.54. The first-order chi connectivity index (χ1) is 8.95. The van der Waals surface area contributed by atoms with Gasteiger partial charge in [0.25, 0.3) is 5.69 Å². The highest BCUT2D eigenvalue weighted by atomic mass is 79.9. The van der Waals surface area contributed by atoms with Crippen molar-refractivity contribution in [3.8, 4) is 0 Å². The summed E-state index contributed by atoms with van der Waals surface area (Å²) in [5.41, 5.74) is 1.28. The third kappa shape index (κ3) is 2.42. The Balaban J connectivity index is 2.37. The zero-order chi connectivity index (χ0) is 14.2. The fraction of sp³-hybridized carbons (Fsp3) is 0.417. The van der Waals surface area contributed by atoms with Gasteiger partial charge in [0.05, 0.1) is 17.7 Å². The summed E-state index contributed by atoms with van der Waals surface area (Å²) in [5, 5.41) is 11.0. The van der Waals surface area contributed by atoms with Crippen molar-refractivity contribution in [1.29, 1.82) is 0 Å². The number of aryl methyl sites for hydroxylation is 1. The zero-order valence-corrected chi connectivity index (χ0v) is 12.1. The number of halogens is 1. The fourth-order valence-corrected chi connectivity index (χ4v) is 2.81. The minimum atomic E-state index is -0.418. The van der Waals surface area contributed by atoms with Gasteiger partial charge in [0.15, 0.2) is 0 Å². The van der Waals surface area contributed by atoms with E-state index in [1.165, 1.54) is 13.2 Å². The van der Waals surface area contributed by atoms with E-state index >= 15 is 0 Å². The number of methoxy groups -OCH3 is 1. The Bertz CT molecular complexity index is 547. The summed E-state index contributed by atoms with van der Waals surface area (Å²) >= 11 is 3.39. The molecule has 1 fully saturated rings. The SMILES string of the molecule is COC(=O)C1CCN1c1cc([N+](=O)[O-])c(C)cc1Br. The lowest BCUT2D eigenvalue weighted by molar-refractivity contribution is -0.385. The maximum Gasteiger partial charge on any atom is 0.328 e. The molecule has 1 heterocycles. The Labute approximate surface area is 118 Å². The van der Waals surface area contributed by atoms with Crippen LogP contribution in [-0.2, 0) is 9.53 Å². The van der Waals surface area contributed by atoms with Crippen LogP contribution in [0.15, 0.2) is 16.6 Å². The molecular formula is C12H13BrN2O4. The lowest BCUT2D eigenvalue weighted by atomic mass is 10.0. The number of hydrogen-bond acceptors (Lipinski definition) is 5. The minimum absolute atomic E-state index is 0.0497. The molecule has 1 unspecified atom stereocenters. The van der Waals surface area contributed by atoms with Crippen molar-refractivity contribution in [1.82, 2.24) is 0 Å². The van der Waals surface area contributed by atoms with Crippen molar-refractivity contribution >= 4 is 33.3 Å². The molecule has 1 saturated heterocycles. The second-order valence-corrected chi connectivity index (χ2v) is 5.22. The summed E-state index contributed by atoms with van der Waals surface area (Å²) < 4.78 is 5.46. The average molecular weight is 329 g/mol. The van der Waals surface area contributed by atoms with Crippen molar-refractivity contribution in [3.63, 3.8) is 0 Å². The van der Waals surface area contributed by atoms with E-state index in [0.29, 0.717) is 24.2 Å². The van der Waals surface area contributed by atoms with Gasteiger partial charge in [-0.2, -0.15) is 0 Å². The van der Waals surface area contributed by atoms with E-state index in [2.05, 4.69) is 15.9 Å². The second-order valence-electron chi connectivity index (χ2n) is 4.37. The number of ether oxygens (including phenoxy) is 1. The van der Waals surface area contributed by atoms with E-state index in [-0.39, 0.29) is 17.7 Å². The normalized spacial score (nSPS) is 17.8. The van der Waals surface area contributed by atoms with Gasteiger partial charge in [0.2, 0.25) is 0 Å². The van der Waals surface area contributed by atoms with Crippen molar-refractivity contribution in [3.05, 3.63) is 32.3 Å². The highest BCUT2D eigenvalue weighted by Crippen LogP contribution is 2.37. The molecule has 0 radical (unpaired) electrons. The number of anilines is 1. The number of rotatable bonds is 3. The van der Waals surface area contributed by atoms with Crippen molar-refractivity contribution in [2.45, 2.75) is 19.4 Å². The number of benzene rings is 1. The van der Waals surface area contributed by atoms with Crippen molar-refractivity contribution < 1.29 is 14.5 Å². The molecule has 1 atom stereocenters. The number of nitro benzene ring substituents is 1. The highest BCUT2D eigenvalue weighted by Gasteiger charge is 2.36. The molecule has 0 aromatic heterocycles.